The van der Waals surface area contributed by atoms with Gasteiger partial charge in [-0.05, 0) is 32.6 Å². The smallest absolute Gasteiger partial charge is 0.224 e. The number of rotatable bonds is 5. The molecule has 21 heavy (non-hydrogen) atoms. The monoisotopic (exact) mass is 295 g/mol. The molecule has 1 aliphatic carbocycles. The summed E-state index contributed by atoms with van der Waals surface area (Å²) in [4.78, 5) is 26.4. The molecule has 2 aliphatic rings. The van der Waals surface area contributed by atoms with E-state index in [-0.39, 0.29) is 29.8 Å². The van der Waals surface area contributed by atoms with Crippen LogP contribution >= 0.6 is 0 Å². The van der Waals surface area contributed by atoms with Gasteiger partial charge in [-0.1, -0.05) is 19.3 Å². The molecule has 1 aliphatic heterocycles. The summed E-state index contributed by atoms with van der Waals surface area (Å²) in [6, 6.07) is 0.102. The first kappa shape index (κ1) is 16.3. The lowest BCUT2D eigenvalue weighted by molar-refractivity contribution is -0.132. The van der Waals surface area contributed by atoms with Crippen molar-refractivity contribution in [2.75, 3.05) is 13.1 Å². The van der Waals surface area contributed by atoms with Gasteiger partial charge in [0.05, 0.1) is 0 Å². The molecule has 0 aromatic rings. The van der Waals surface area contributed by atoms with E-state index in [1.165, 1.54) is 6.42 Å². The van der Waals surface area contributed by atoms with Crippen LogP contribution in [0.5, 0.6) is 0 Å². The number of hydrogen-bond donors (Lipinski definition) is 2. The lowest BCUT2D eigenvalue weighted by Crippen LogP contribution is -2.44. The Morgan fingerprint density at radius 1 is 1.19 bits per heavy atom. The van der Waals surface area contributed by atoms with Gasteiger partial charge in [0, 0.05) is 37.5 Å². The average molecular weight is 295 g/mol. The maximum absolute atomic E-state index is 12.3. The van der Waals surface area contributed by atoms with Gasteiger partial charge in [0.2, 0.25) is 11.8 Å². The molecule has 0 bridgehead atoms. The Morgan fingerprint density at radius 2 is 1.90 bits per heavy atom. The van der Waals surface area contributed by atoms with Crippen LogP contribution in [0.1, 0.15) is 58.3 Å². The fraction of sp³-hybridized carbons (Fsp3) is 0.875. The third-order valence-corrected chi connectivity index (χ3v) is 4.81. The van der Waals surface area contributed by atoms with Crippen LogP contribution in [0.3, 0.4) is 0 Å². The number of carbonyl (C=O) groups is 2. The van der Waals surface area contributed by atoms with Crippen molar-refractivity contribution in [1.29, 1.82) is 0 Å². The maximum Gasteiger partial charge on any atom is 0.224 e. The molecule has 1 saturated heterocycles. The quantitative estimate of drug-likeness (QED) is 0.805. The Kier molecular flexibility index (Phi) is 6.03. The molecule has 0 spiro atoms. The van der Waals surface area contributed by atoms with E-state index in [1.54, 1.807) is 0 Å². The van der Waals surface area contributed by atoms with Crippen molar-refractivity contribution in [3.63, 3.8) is 0 Å². The Bertz CT molecular complexity index is 367. The summed E-state index contributed by atoms with van der Waals surface area (Å²) in [6.45, 7) is 3.27. The van der Waals surface area contributed by atoms with Crippen molar-refractivity contribution in [3.05, 3.63) is 0 Å². The molecule has 5 heteroatoms. The fourth-order valence-corrected chi connectivity index (χ4v) is 3.56. The topological polar surface area (TPSA) is 75.4 Å². The third-order valence-electron chi connectivity index (χ3n) is 4.81. The molecule has 3 N–H and O–H groups in total. The van der Waals surface area contributed by atoms with Crippen molar-refractivity contribution in [2.24, 2.45) is 11.7 Å². The molecule has 0 aromatic heterocycles. The van der Waals surface area contributed by atoms with Gasteiger partial charge in [-0.15, -0.1) is 0 Å². The van der Waals surface area contributed by atoms with Gasteiger partial charge in [0.1, 0.15) is 0 Å². The average Bonchev–Trinajstić information content (AvgIpc) is 2.96. The molecule has 0 radical (unpaired) electrons. The Balaban J connectivity index is 1.76. The molecule has 2 rings (SSSR count). The summed E-state index contributed by atoms with van der Waals surface area (Å²) in [5.41, 5.74) is 5.71. The van der Waals surface area contributed by atoms with Crippen LogP contribution in [-0.2, 0) is 9.59 Å². The van der Waals surface area contributed by atoms with Gasteiger partial charge in [-0.3, -0.25) is 9.59 Å². The second-order valence-electron chi connectivity index (χ2n) is 6.57. The van der Waals surface area contributed by atoms with E-state index >= 15 is 0 Å². The second-order valence-corrected chi connectivity index (χ2v) is 6.57. The van der Waals surface area contributed by atoms with Crippen LogP contribution in [0.4, 0.5) is 0 Å². The molecular formula is C16H29N3O2. The van der Waals surface area contributed by atoms with Crippen LogP contribution in [0.25, 0.3) is 0 Å². The van der Waals surface area contributed by atoms with Crippen LogP contribution in [0.2, 0.25) is 0 Å². The normalized spacial score (nSPS) is 24.9. The minimum Gasteiger partial charge on any atom is -0.353 e. The van der Waals surface area contributed by atoms with Crippen LogP contribution in [0, 0.1) is 5.92 Å². The summed E-state index contributed by atoms with van der Waals surface area (Å²) >= 11 is 0. The van der Waals surface area contributed by atoms with Gasteiger partial charge in [-0.25, -0.2) is 0 Å². The van der Waals surface area contributed by atoms with E-state index in [9.17, 15) is 9.59 Å². The zero-order valence-corrected chi connectivity index (χ0v) is 13.1. The van der Waals surface area contributed by atoms with E-state index in [0.29, 0.717) is 13.0 Å². The molecule has 1 heterocycles. The first-order valence-electron chi connectivity index (χ1n) is 8.41. The lowest BCUT2D eigenvalue weighted by Gasteiger charge is -2.26. The molecule has 2 fully saturated rings. The van der Waals surface area contributed by atoms with Crippen LogP contribution in [-0.4, -0.2) is 41.9 Å². The van der Waals surface area contributed by atoms with Gasteiger partial charge in [-0.2, -0.15) is 0 Å². The molecular weight excluding hydrogens is 266 g/mol. The summed E-state index contributed by atoms with van der Waals surface area (Å²) in [5.74, 6) is 0.408. The van der Waals surface area contributed by atoms with Crippen LogP contribution in [0.15, 0.2) is 0 Å². The number of carbonyl (C=O) groups excluding carboxylic acids is 2. The van der Waals surface area contributed by atoms with E-state index in [2.05, 4.69) is 5.32 Å². The highest BCUT2D eigenvalue weighted by molar-refractivity contribution is 5.81. The highest BCUT2D eigenvalue weighted by Gasteiger charge is 2.29. The zero-order chi connectivity index (χ0) is 15.2. The third kappa shape index (κ3) is 4.43. The number of nitrogens with one attached hydrogen (secondary N) is 1. The highest BCUT2D eigenvalue weighted by atomic mass is 16.2. The van der Waals surface area contributed by atoms with Crippen LogP contribution < -0.4 is 11.1 Å². The summed E-state index contributed by atoms with van der Waals surface area (Å²) < 4.78 is 0. The maximum atomic E-state index is 12.3. The summed E-state index contributed by atoms with van der Waals surface area (Å²) in [6.07, 6.45) is 7.96. The molecule has 1 saturated carbocycles. The molecule has 2 unspecified atom stereocenters. The SMILES string of the molecule is CC(CC(=O)N1CCCC1CN)NC(=O)C1CCCCC1. The van der Waals surface area contributed by atoms with Gasteiger partial charge in [0.15, 0.2) is 0 Å². The Labute approximate surface area is 127 Å². The molecule has 120 valence electrons. The number of amides is 2. The Morgan fingerprint density at radius 3 is 2.57 bits per heavy atom. The molecule has 5 nitrogen and oxygen atoms in total. The van der Waals surface area contributed by atoms with Crippen molar-refractivity contribution in [3.8, 4) is 0 Å². The standard InChI is InChI=1S/C16H29N3O2/c1-12(18-16(21)13-6-3-2-4-7-13)10-15(20)19-9-5-8-14(19)11-17/h12-14H,2-11,17H2,1H3,(H,18,21). The fourth-order valence-electron chi connectivity index (χ4n) is 3.56. The van der Waals surface area contributed by atoms with Gasteiger partial charge >= 0.3 is 0 Å². The minimum absolute atomic E-state index is 0.0917. The van der Waals surface area contributed by atoms with Gasteiger partial charge in [0.25, 0.3) is 0 Å². The van der Waals surface area contributed by atoms with E-state index in [4.69, 9.17) is 5.73 Å². The van der Waals surface area contributed by atoms with E-state index < -0.39 is 0 Å². The molecule has 2 amide bonds. The predicted molar refractivity (Wildman–Crippen MR) is 82.6 cm³/mol. The predicted octanol–water partition coefficient (Wildman–Crippen LogP) is 1.41. The largest absolute Gasteiger partial charge is 0.353 e. The van der Waals surface area contributed by atoms with Crippen molar-refractivity contribution in [2.45, 2.75) is 70.4 Å². The number of hydrogen-bond acceptors (Lipinski definition) is 3. The Hall–Kier alpha value is -1.10. The highest BCUT2D eigenvalue weighted by Crippen LogP contribution is 2.24. The van der Waals surface area contributed by atoms with Crippen molar-refractivity contribution < 1.29 is 9.59 Å². The summed E-state index contributed by atoms with van der Waals surface area (Å²) in [5, 5.41) is 3.02. The minimum atomic E-state index is -0.0917. The number of nitrogens with zero attached hydrogens (tertiary/aromatic N) is 1. The number of nitrogens with two attached hydrogens (primary N) is 1. The number of likely N-dealkylation sites (tertiary alicyclic amines) is 1. The first-order valence-corrected chi connectivity index (χ1v) is 8.41. The zero-order valence-electron chi connectivity index (χ0n) is 13.1. The molecule has 2 atom stereocenters. The molecule has 0 aromatic carbocycles. The van der Waals surface area contributed by atoms with E-state index in [1.807, 2.05) is 11.8 Å². The first-order chi connectivity index (χ1) is 10.1. The van der Waals surface area contributed by atoms with Crippen molar-refractivity contribution >= 4 is 11.8 Å². The lowest BCUT2D eigenvalue weighted by atomic mass is 9.88. The van der Waals surface area contributed by atoms with Gasteiger partial charge < -0.3 is 16.0 Å². The second kappa shape index (κ2) is 7.78. The van der Waals surface area contributed by atoms with Crippen molar-refractivity contribution in [1.82, 2.24) is 10.2 Å². The summed E-state index contributed by atoms with van der Waals surface area (Å²) in [7, 11) is 0. The van der Waals surface area contributed by atoms with E-state index in [0.717, 1.165) is 45.1 Å².